The number of nitrogens with zero attached hydrogens (tertiary/aromatic N) is 2. The fourth-order valence-corrected chi connectivity index (χ4v) is 3.76. The molecule has 1 saturated heterocycles. The summed E-state index contributed by atoms with van der Waals surface area (Å²) in [6.45, 7) is 5.83. The molecule has 0 N–H and O–H groups in total. The molecule has 0 unspecified atom stereocenters. The third-order valence-electron chi connectivity index (χ3n) is 5.37. The van der Waals surface area contributed by atoms with E-state index in [0.29, 0.717) is 26.1 Å². The van der Waals surface area contributed by atoms with Gasteiger partial charge in [-0.15, -0.1) is 0 Å². The van der Waals surface area contributed by atoms with Crippen molar-refractivity contribution in [1.29, 1.82) is 0 Å². The van der Waals surface area contributed by atoms with E-state index in [4.69, 9.17) is 0 Å². The van der Waals surface area contributed by atoms with Crippen LogP contribution in [0.25, 0.3) is 0 Å². The van der Waals surface area contributed by atoms with Crippen molar-refractivity contribution in [1.82, 2.24) is 9.80 Å². The first-order valence-electron chi connectivity index (χ1n) is 9.84. The van der Waals surface area contributed by atoms with Crippen LogP contribution in [0.2, 0.25) is 0 Å². The molecule has 2 aromatic carbocycles. The van der Waals surface area contributed by atoms with Gasteiger partial charge in [0.2, 0.25) is 5.91 Å². The van der Waals surface area contributed by atoms with Gasteiger partial charge in [0.15, 0.2) is 0 Å². The fourth-order valence-electron chi connectivity index (χ4n) is 3.76. The van der Waals surface area contributed by atoms with Crippen molar-refractivity contribution in [3.63, 3.8) is 0 Å². The summed E-state index contributed by atoms with van der Waals surface area (Å²) in [4.78, 5) is 29.8. The standard InChI is InChI=1S/C23H28N2O2/c1-3-19-12-8-9-13-21(19)23(27)24-15-14-22(26)25(20(4-2)17-24)16-18-10-6-5-7-11-18/h5-13,20H,3-4,14-17H2,1-2H3/t20-/m0/s1. The fraction of sp³-hybridized carbons (Fsp3) is 0.391. The average molecular weight is 364 g/mol. The Kier molecular flexibility index (Phi) is 6.28. The van der Waals surface area contributed by atoms with E-state index in [0.717, 1.165) is 29.5 Å². The molecule has 1 fully saturated rings. The van der Waals surface area contributed by atoms with E-state index in [2.05, 4.69) is 13.8 Å². The van der Waals surface area contributed by atoms with Crippen LogP contribution in [0, 0.1) is 0 Å². The number of hydrogen-bond acceptors (Lipinski definition) is 2. The first-order chi connectivity index (χ1) is 13.1. The van der Waals surface area contributed by atoms with Crippen LogP contribution in [0.3, 0.4) is 0 Å². The number of carbonyl (C=O) groups excluding carboxylic acids is 2. The molecule has 0 aromatic heterocycles. The summed E-state index contributed by atoms with van der Waals surface area (Å²) in [5.74, 6) is 0.171. The minimum absolute atomic E-state index is 0.0398. The molecule has 1 heterocycles. The minimum atomic E-state index is 0.0398. The summed E-state index contributed by atoms with van der Waals surface area (Å²) in [6.07, 6.45) is 2.03. The maximum Gasteiger partial charge on any atom is 0.254 e. The molecule has 27 heavy (non-hydrogen) atoms. The molecule has 1 aliphatic heterocycles. The first-order valence-corrected chi connectivity index (χ1v) is 9.84. The summed E-state index contributed by atoms with van der Waals surface area (Å²) >= 11 is 0. The number of amides is 2. The molecule has 0 saturated carbocycles. The zero-order valence-corrected chi connectivity index (χ0v) is 16.2. The molecule has 0 aliphatic carbocycles. The zero-order valence-electron chi connectivity index (χ0n) is 16.2. The summed E-state index contributed by atoms with van der Waals surface area (Å²) in [5.41, 5.74) is 2.95. The number of rotatable bonds is 5. The predicted octanol–water partition coefficient (Wildman–Crippen LogP) is 3.90. The Hall–Kier alpha value is -2.62. The van der Waals surface area contributed by atoms with E-state index in [-0.39, 0.29) is 17.9 Å². The van der Waals surface area contributed by atoms with E-state index in [9.17, 15) is 9.59 Å². The SMILES string of the molecule is CCc1ccccc1C(=O)N1CCC(=O)N(Cc2ccccc2)[C@@H](CC)C1. The number of hydrogen-bond donors (Lipinski definition) is 0. The third-order valence-corrected chi connectivity index (χ3v) is 5.37. The topological polar surface area (TPSA) is 40.6 Å². The summed E-state index contributed by atoms with van der Waals surface area (Å²) < 4.78 is 0. The largest absolute Gasteiger partial charge is 0.336 e. The van der Waals surface area contributed by atoms with Crippen molar-refractivity contribution in [2.45, 2.75) is 45.7 Å². The van der Waals surface area contributed by atoms with Gasteiger partial charge in [0, 0.05) is 37.7 Å². The van der Waals surface area contributed by atoms with Crippen LogP contribution in [-0.4, -0.2) is 40.7 Å². The van der Waals surface area contributed by atoms with Crippen molar-refractivity contribution < 1.29 is 9.59 Å². The predicted molar refractivity (Wildman–Crippen MR) is 107 cm³/mol. The van der Waals surface area contributed by atoms with Gasteiger partial charge >= 0.3 is 0 Å². The molecule has 1 aliphatic rings. The van der Waals surface area contributed by atoms with E-state index >= 15 is 0 Å². The van der Waals surface area contributed by atoms with Gasteiger partial charge in [0.05, 0.1) is 0 Å². The molecular formula is C23H28N2O2. The van der Waals surface area contributed by atoms with Crippen molar-refractivity contribution in [2.75, 3.05) is 13.1 Å². The van der Waals surface area contributed by atoms with Crippen LogP contribution >= 0.6 is 0 Å². The second kappa shape index (κ2) is 8.85. The summed E-state index contributed by atoms with van der Waals surface area (Å²) in [6, 6.07) is 17.9. The molecule has 1 atom stereocenters. The lowest BCUT2D eigenvalue weighted by molar-refractivity contribution is -0.133. The molecule has 0 radical (unpaired) electrons. The monoisotopic (exact) mass is 364 g/mol. The molecule has 4 heteroatoms. The molecule has 3 rings (SSSR count). The molecule has 142 valence electrons. The number of carbonyl (C=O) groups is 2. The van der Waals surface area contributed by atoms with Crippen molar-refractivity contribution in [3.05, 3.63) is 71.3 Å². The first kappa shape index (κ1) is 19.2. The molecule has 0 bridgehead atoms. The van der Waals surface area contributed by atoms with E-state index < -0.39 is 0 Å². The van der Waals surface area contributed by atoms with Crippen molar-refractivity contribution >= 4 is 11.8 Å². The Morgan fingerprint density at radius 3 is 2.44 bits per heavy atom. The molecule has 2 aromatic rings. The second-order valence-corrected chi connectivity index (χ2v) is 7.08. The van der Waals surface area contributed by atoms with Gasteiger partial charge in [-0.3, -0.25) is 9.59 Å². The van der Waals surface area contributed by atoms with Gasteiger partial charge in [-0.05, 0) is 30.0 Å². The maximum absolute atomic E-state index is 13.2. The Bertz CT molecular complexity index is 788. The second-order valence-electron chi connectivity index (χ2n) is 7.08. The van der Waals surface area contributed by atoms with E-state index in [1.807, 2.05) is 64.4 Å². The van der Waals surface area contributed by atoms with Crippen molar-refractivity contribution in [2.24, 2.45) is 0 Å². The highest BCUT2D eigenvalue weighted by atomic mass is 16.2. The highest BCUT2D eigenvalue weighted by Gasteiger charge is 2.31. The maximum atomic E-state index is 13.2. The third kappa shape index (κ3) is 4.38. The number of benzene rings is 2. The van der Waals surface area contributed by atoms with E-state index in [1.165, 1.54) is 0 Å². The van der Waals surface area contributed by atoms with Crippen LogP contribution in [0.4, 0.5) is 0 Å². The van der Waals surface area contributed by atoms with Crippen LogP contribution in [0.1, 0.15) is 48.2 Å². The molecule has 4 nitrogen and oxygen atoms in total. The Labute approximate surface area is 161 Å². The van der Waals surface area contributed by atoms with E-state index in [1.54, 1.807) is 0 Å². The van der Waals surface area contributed by atoms with Crippen LogP contribution in [-0.2, 0) is 17.8 Å². The van der Waals surface area contributed by atoms with Gasteiger partial charge in [-0.1, -0.05) is 62.4 Å². The van der Waals surface area contributed by atoms with Crippen LogP contribution < -0.4 is 0 Å². The summed E-state index contributed by atoms with van der Waals surface area (Å²) in [5, 5.41) is 0. The Morgan fingerprint density at radius 1 is 1.04 bits per heavy atom. The Balaban J connectivity index is 1.81. The average Bonchev–Trinajstić information content (AvgIpc) is 2.87. The number of aryl methyl sites for hydroxylation is 1. The lowest BCUT2D eigenvalue weighted by Gasteiger charge is -2.31. The lowest BCUT2D eigenvalue weighted by Crippen LogP contribution is -2.43. The Morgan fingerprint density at radius 2 is 1.74 bits per heavy atom. The molecule has 2 amide bonds. The minimum Gasteiger partial charge on any atom is -0.336 e. The van der Waals surface area contributed by atoms with Gasteiger partial charge in [0.25, 0.3) is 5.91 Å². The molecule has 0 spiro atoms. The highest BCUT2D eigenvalue weighted by molar-refractivity contribution is 5.96. The van der Waals surface area contributed by atoms with Gasteiger partial charge in [-0.2, -0.15) is 0 Å². The highest BCUT2D eigenvalue weighted by Crippen LogP contribution is 2.20. The van der Waals surface area contributed by atoms with Crippen LogP contribution in [0.15, 0.2) is 54.6 Å². The quantitative estimate of drug-likeness (QED) is 0.807. The normalized spacial score (nSPS) is 17.7. The lowest BCUT2D eigenvalue weighted by atomic mass is 10.0. The van der Waals surface area contributed by atoms with Crippen molar-refractivity contribution in [3.8, 4) is 0 Å². The summed E-state index contributed by atoms with van der Waals surface area (Å²) in [7, 11) is 0. The van der Waals surface area contributed by atoms with Gasteiger partial charge in [-0.25, -0.2) is 0 Å². The van der Waals surface area contributed by atoms with Crippen LogP contribution in [0.5, 0.6) is 0 Å². The van der Waals surface area contributed by atoms with Gasteiger partial charge in [0.1, 0.15) is 0 Å². The smallest absolute Gasteiger partial charge is 0.254 e. The zero-order chi connectivity index (χ0) is 19.2. The van der Waals surface area contributed by atoms with Gasteiger partial charge < -0.3 is 9.80 Å². The molecular weight excluding hydrogens is 336 g/mol.